The van der Waals surface area contributed by atoms with Crippen LogP contribution in [-0.2, 0) is 31.4 Å². The minimum absolute atomic E-state index is 0.0526. The van der Waals surface area contributed by atoms with Crippen molar-refractivity contribution in [3.05, 3.63) is 52.8 Å². The minimum Gasteiger partial charge on any atom is -0.370 e. The Morgan fingerprint density at radius 3 is 2.71 bits per heavy atom. The van der Waals surface area contributed by atoms with Gasteiger partial charge in [-0.05, 0) is 44.3 Å². The van der Waals surface area contributed by atoms with Gasteiger partial charge in [0.15, 0.2) is 5.69 Å². The number of aryl methyl sites for hydroxylation is 1. The first kappa shape index (κ1) is 20.7. The quantitative estimate of drug-likeness (QED) is 0.787. The number of hydrogen-bond donors (Lipinski definition) is 2. The van der Waals surface area contributed by atoms with Crippen molar-refractivity contribution in [3.63, 3.8) is 0 Å². The van der Waals surface area contributed by atoms with E-state index >= 15 is 0 Å². The zero-order chi connectivity index (χ0) is 21.3. The molecule has 1 aromatic heterocycles. The van der Waals surface area contributed by atoms with Gasteiger partial charge in [0, 0.05) is 50.4 Å². The number of carbonyl (C=O) groups is 1. The number of likely N-dealkylation sites (tertiary alicyclic amines) is 1. The molecule has 5 rings (SSSR count). The third kappa shape index (κ3) is 4.40. The van der Waals surface area contributed by atoms with Gasteiger partial charge in [-0.1, -0.05) is 30.3 Å². The fourth-order valence-electron chi connectivity index (χ4n) is 5.27. The molecular formula is C24H33N5O2. The maximum atomic E-state index is 13.1. The first-order valence-electron chi connectivity index (χ1n) is 11.6. The van der Waals surface area contributed by atoms with Gasteiger partial charge >= 0.3 is 0 Å². The Bertz CT molecular complexity index is 912. The molecule has 3 aliphatic rings. The van der Waals surface area contributed by atoms with Crippen molar-refractivity contribution < 1.29 is 9.53 Å². The number of aromatic nitrogens is 2. The molecule has 0 radical (unpaired) electrons. The lowest BCUT2D eigenvalue weighted by molar-refractivity contribution is -0.0869. The van der Waals surface area contributed by atoms with Crippen LogP contribution in [0.15, 0.2) is 30.3 Å². The van der Waals surface area contributed by atoms with Crippen molar-refractivity contribution in [2.75, 3.05) is 26.2 Å². The molecule has 0 unspecified atom stereocenters. The van der Waals surface area contributed by atoms with Crippen LogP contribution in [0.2, 0.25) is 0 Å². The van der Waals surface area contributed by atoms with E-state index in [2.05, 4.69) is 51.0 Å². The number of fused-ring (bicyclic) bond motifs is 1. The Kier molecular flexibility index (Phi) is 5.82. The predicted octanol–water partition coefficient (Wildman–Crippen LogP) is 2.01. The van der Waals surface area contributed by atoms with Gasteiger partial charge in [-0.25, -0.2) is 0 Å². The summed E-state index contributed by atoms with van der Waals surface area (Å²) in [6.07, 6.45) is 4.82. The van der Waals surface area contributed by atoms with Crippen LogP contribution < -0.4 is 10.6 Å². The molecule has 2 saturated heterocycles. The molecule has 4 heterocycles. The first-order valence-corrected chi connectivity index (χ1v) is 11.6. The van der Waals surface area contributed by atoms with Crippen LogP contribution in [0.25, 0.3) is 0 Å². The summed E-state index contributed by atoms with van der Waals surface area (Å²) >= 11 is 0. The summed E-state index contributed by atoms with van der Waals surface area (Å²) in [7, 11) is 1.96. The Morgan fingerprint density at radius 1 is 1.23 bits per heavy atom. The molecule has 1 amide bonds. The van der Waals surface area contributed by atoms with Crippen molar-refractivity contribution >= 4 is 5.91 Å². The zero-order valence-electron chi connectivity index (χ0n) is 18.4. The van der Waals surface area contributed by atoms with E-state index in [1.54, 1.807) is 0 Å². The Balaban J connectivity index is 1.19. The van der Waals surface area contributed by atoms with Crippen LogP contribution in [0, 0.1) is 0 Å². The SMILES string of the molecule is Cn1nc(C(=O)NC2CCN(Cc3ccccc3)CC2)c2c1CC1(CCNCC1)OC2. The third-order valence-electron chi connectivity index (χ3n) is 7.19. The molecule has 2 N–H and O–H groups in total. The average molecular weight is 424 g/mol. The van der Waals surface area contributed by atoms with Crippen LogP contribution in [0.5, 0.6) is 0 Å². The van der Waals surface area contributed by atoms with E-state index in [9.17, 15) is 4.79 Å². The van der Waals surface area contributed by atoms with Crippen molar-refractivity contribution in [2.45, 2.75) is 56.9 Å². The highest BCUT2D eigenvalue weighted by atomic mass is 16.5. The molecule has 0 atom stereocenters. The van der Waals surface area contributed by atoms with E-state index in [1.165, 1.54) is 5.56 Å². The van der Waals surface area contributed by atoms with Gasteiger partial charge in [0.25, 0.3) is 5.91 Å². The van der Waals surface area contributed by atoms with Gasteiger partial charge in [-0.15, -0.1) is 0 Å². The van der Waals surface area contributed by atoms with E-state index < -0.39 is 0 Å². The van der Waals surface area contributed by atoms with Crippen LogP contribution in [-0.4, -0.2) is 58.4 Å². The number of piperidine rings is 2. The maximum Gasteiger partial charge on any atom is 0.272 e. The summed E-state index contributed by atoms with van der Waals surface area (Å²) in [4.78, 5) is 15.5. The van der Waals surface area contributed by atoms with Gasteiger partial charge in [0.2, 0.25) is 0 Å². The summed E-state index contributed by atoms with van der Waals surface area (Å²) in [6.45, 7) is 5.44. The third-order valence-corrected chi connectivity index (χ3v) is 7.19. The highest BCUT2D eigenvalue weighted by molar-refractivity contribution is 5.94. The minimum atomic E-state index is -0.0919. The number of amides is 1. The van der Waals surface area contributed by atoms with Crippen LogP contribution in [0.3, 0.4) is 0 Å². The molecule has 166 valence electrons. The molecule has 0 saturated carbocycles. The van der Waals surface area contributed by atoms with Gasteiger partial charge in [-0.2, -0.15) is 5.10 Å². The molecule has 1 spiro atoms. The van der Waals surface area contributed by atoms with Crippen molar-refractivity contribution in [3.8, 4) is 0 Å². The van der Waals surface area contributed by atoms with E-state index in [1.807, 2.05) is 11.7 Å². The number of nitrogens with one attached hydrogen (secondary N) is 2. The zero-order valence-corrected chi connectivity index (χ0v) is 18.4. The molecule has 1 aromatic carbocycles. The number of carbonyl (C=O) groups excluding carboxylic acids is 1. The Morgan fingerprint density at radius 2 is 1.97 bits per heavy atom. The number of ether oxygens (including phenoxy) is 1. The first-order chi connectivity index (χ1) is 15.1. The predicted molar refractivity (Wildman–Crippen MR) is 119 cm³/mol. The Labute approximate surface area is 184 Å². The summed E-state index contributed by atoms with van der Waals surface area (Å²) in [6, 6.07) is 10.8. The van der Waals surface area contributed by atoms with E-state index in [4.69, 9.17) is 4.74 Å². The largest absolute Gasteiger partial charge is 0.370 e. The fourth-order valence-corrected chi connectivity index (χ4v) is 5.27. The summed E-state index contributed by atoms with van der Waals surface area (Å²) < 4.78 is 8.22. The van der Waals surface area contributed by atoms with E-state index in [0.29, 0.717) is 12.3 Å². The lowest BCUT2D eigenvalue weighted by atomic mass is 9.84. The van der Waals surface area contributed by atoms with Crippen LogP contribution >= 0.6 is 0 Å². The van der Waals surface area contributed by atoms with Crippen molar-refractivity contribution in [1.29, 1.82) is 0 Å². The maximum absolute atomic E-state index is 13.1. The smallest absolute Gasteiger partial charge is 0.272 e. The number of rotatable bonds is 4. The second-order valence-corrected chi connectivity index (χ2v) is 9.31. The fraction of sp³-hybridized carbons (Fsp3) is 0.583. The molecule has 7 nitrogen and oxygen atoms in total. The van der Waals surface area contributed by atoms with Crippen LogP contribution in [0.1, 0.15) is 53.0 Å². The van der Waals surface area contributed by atoms with Crippen LogP contribution in [0.4, 0.5) is 0 Å². The second kappa shape index (κ2) is 8.73. The molecule has 3 aliphatic heterocycles. The lowest BCUT2D eigenvalue weighted by Crippen LogP contribution is -2.48. The average Bonchev–Trinajstić information content (AvgIpc) is 3.12. The standard InChI is InChI=1S/C24H33N5O2/c1-28-21-15-24(9-11-25-12-10-24)31-17-20(21)22(27-28)23(30)26-19-7-13-29(14-8-19)16-18-5-3-2-4-6-18/h2-6,19,25H,7-17H2,1H3,(H,26,30). The van der Waals surface area contributed by atoms with E-state index in [-0.39, 0.29) is 17.6 Å². The molecule has 31 heavy (non-hydrogen) atoms. The Hall–Kier alpha value is -2.22. The summed E-state index contributed by atoms with van der Waals surface area (Å²) in [5, 5.41) is 11.3. The van der Waals surface area contributed by atoms with Gasteiger partial charge in [0.05, 0.1) is 12.2 Å². The van der Waals surface area contributed by atoms with Gasteiger partial charge < -0.3 is 15.4 Å². The molecular weight excluding hydrogens is 390 g/mol. The molecule has 7 heteroatoms. The lowest BCUT2D eigenvalue weighted by Gasteiger charge is -2.40. The number of nitrogens with zero attached hydrogens (tertiary/aromatic N) is 3. The summed E-state index contributed by atoms with van der Waals surface area (Å²) in [5.74, 6) is -0.0526. The molecule has 0 aliphatic carbocycles. The van der Waals surface area contributed by atoms with E-state index in [0.717, 1.165) is 76.1 Å². The molecule has 2 aromatic rings. The second-order valence-electron chi connectivity index (χ2n) is 9.31. The summed E-state index contributed by atoms with van der Waals surface area (Å²) in [5.41, 5.74) is 3.94. The molecule has 2 fully saturated rings. The monoisotopic (exact) mass is 423 g/mol. The highest BCUT2D eigenvalue weighted by Crippen LogP contribution is 2.35. The van der Waals surface area contributed by atoms with Crippen molar-refractivity contribution in [2.24, 2.45) is 7.05 Å². The highest BCUT2D eigenvalue weighted by Gasteiger charge is 2.40. The normalized spacial score (nSPS) is 21.7. The van der Waals surface area contributed by atoms with Gasteiger partial charge in [-0.3, -0.25) is 14.4 Å². The molecule has 0 bridgehead atoms. The number of benzene rings is 1. The van der Waals surface area contributed by atoms with Gasteiger partial charge in [0.1, 0.15) is 0 Å². The van der Waals surface area contributed by atoms with Crippen molar-refractivity contribution in [1.82, 2.24) is 25.3 Å². The topological polar surface area (TPSA) is 71.4 Å². The number of hydrogen-bond acceptors (Lipinski definition) is 5.